The molecule has 0 radical (unpaired) electrons. The monoisotopic (exact) mass is 506 g/mol. The largest absolute Gasteiger partial charge is 0.450 e. The number of alkyl carbamates (subject to hydrolysis) is 1. The molecule has 0 aromatic rings. The van der Waals surface area contributed by atoms with Crippen molar-refractivity contribution in [2.24, 2.45) is 0 Å². The molecule has 1 heterocycles. The van der Waals surface area contributed by atoms with Crippen molar-refractivity contribution < 1.29 is 28.1 Å². The smallest absolute Gasteiger partial charge is 0.407 e. The number of carbonyl (C=O) groups excluding carboxylic acids is 1. The summed E-state index contributed by atoms with van der Waals surface area (Å²) in [6, 6.07) is 0. The van der Waals surface area contributed by atoms with E-state index < -0.39 is 23.7 Å². The first-order valence-electron chi connectivity index (χ1n) is 14.0. The third-order valence-electron chi connectivity index (χ3n) is 6.74. The highest BCUT2D eigenvalue weighted by molar-refractivity contribution is 5.66. The Morgan fingerprint density at radius 1 is 0.943 bits per heavy atom. The number of amides is 1. The van der Waals surface area contributed by atoms with Gasteiger partial charge in [-0.25, -0.2) is 23.4 Å². The fourth-order valence-electron chi connectivity index (χ4n) is 4.51. The molecule has 0 aromatic heterocycles. The van der Waals surface area contributed by atoms with E-state index in [2.05, 4.69) is 12.2 Å². The average molecular weight is 507 g/mol. The van der Waals surface area contributed by atoms with Gasteiger partial charge < -0.3 is 15.0 Å². The summed E-state index contributed by atoms with van der Waals surface area (Å²) in [7, 11) is 3.95. The zero-order chi connectivity index (χ0) is 26.0. The summed E-state index contributed by atoms with van der Waals surface area (Å²) in [4.78, 5) is 23.7. The van der Waals surface area contributed by atoms with Crippen LogP contribution in [0.25, 0.3) is 0 Å². The Hall–Kier alpha value is -0.990. The van der Waals surface area contributed by atoms with Crippen LogP contribution in [0.15, 0.2) is 0 Å². The van der Waals surface area contributed by atoms with Crippen LogP contribution in [0.4, 0.5) is 13.6 Å². The number of rotatable bonds is 22. The van der Waals surface area contributed by atoms with Gasteiger partial charge >= 0.3 is 6.09 Å². The summed E-state index contributed by atoms with van der Waals surface area (Å²) in [5, 5.41) is 2.69. The maximum absolute atomic E-state index is 14.7. The molecule has 1 saturated heterocycles. The Bertz CT molecular complexity index is 551. The molecule has 1 aliphatic rings. The number of carbonyl (C=O) groups is 1. The van der Waals surface area contributed by atoms with Gasteiger partial charge in [-0.1, -0.05) is 77.6 Å². The summed E-state index contributed by atoms with van der Waals surface area (Å²) in [6.07, 6.45) is 13.6. The minimum Gasteiger partial charge on any atom is -0.450 e. The van der Waals surface area contributed by atoms with Crippen LogP contribution in [0.5, 0.6) is 0 Å². The fourth-order valence-corrected chi connectivity index (χ4v) is 4.51. The van der Waals surface area contributed by atoms with Crippen LogP contribution < -0.4 is 5.32 Å². The highest BCUT2D eigenvalue weighted by atomic mass is 19.3. The van der Waals surface area contributed by atoms with Crippen LogP contribution in [-0.2, 0) is 14.5 Å². The molecule has 2 unspecified atom stereocenters. The molecule has 1 amide bonds. The molecule has 1 aliphatic heterocycles. The zero-order valence-corrected chi connectivity index (χ0v) is 22.8. The van der Waals surface area contributed by atoms with Gasteiger partial charge in [0.25, 0.3) is 5.92 Å². The lowest BCUT2D eigenvalue weighted by molar-refractivity contribution is -0.534. The number of nitrogens with zero attached hydrogens (tertiary/aromatic N) is 1. The summed E-state index contributed by atoms with van der Waals surface area (Å²) < 4.78 is 34.6. The van der Waals surface area contributed by atoms with Gasteiger partial charge in [-0.05, 0) is 53.2 Å². The quantitative estimate of drug-likeness (QED) is 0.124. The molecule has 1 N–H and O–H groups in total. The Balaban J connectivity index is 2.09. The van der Waals surface area contributed by atoms with Crippen LogP contribution in [0.2, 0.25) is 0 Å². The van der Waals surface area contributed by atoms with Crippen molar-refractivity contribution >= 4 is 6.09 Å². The van der Waals surface area contributed by atoms with Gasteiger partial charge in [0.2, 0.25) is 0 Å². The van der Waals surface area contributed by atoms with E-state index in [1.165, 1.54) is 51.4 Å². The third kappa shape index (κ3) is 14.4. The van der Waals surface area contributed by atoms with Gasteiger partial charge in [0.15, 0.2) is 6.10 Å². The van der Waals surface area contributed by atoms with Crippen molar-refractivity contribution in [2.75, 3.05) is 33.8 Å². The number of hydrogen-bond acceptors (Lipinski definition) is 5. The number of alkyl halides is 2. The molecule has 208 valence electrons. The molecular weight excluding hydrogens is 454 g/mol. The van der Waals surface area contributed by atoms with Gasteiger partial charge in [-0.2, -0.15) is 0 Å². The van der Waals surface area contributed by atoms with Crippen molar-refractivity contribution in [1.29, 1.82) is 0 Å². The molecule has 0 aliphatic carbocycles. The van der Waals surface area contributed by atoms with E-state index in [1.807, 2.05) is 19.0 Å². The van der Waals surface area contributed by atoms with Gasteiger partial charge in [-0.15, -0.1) is 0 Å². The standard InChI is InChI=1S/C27H52F2N2O4/c1-5-6-7-8-9-10-11-12-13-14-15-16-20-27(28,29)24-26(2,35-34-24)19-17-23-33-25(32)30-21-18-22-31(3)4/h24H,5-23H2,1-4H3,(H,30,32). The Labute approximate surface area is 212 Å². The Kier molecular flexibility index (Phi) is 16.7. The summed E-state index contributed by atoms with van der Waals surface area (Å²) in [5.74, 6) is -2.92. The number of halogens is 2. The molecule has 0 saturated carbocycles. The summed E-state index contributed by atoms with van der Waals surface area (Å²) >= 11 is 0. The molecule has 0 bridgehead atoms. The van der Waals surface area contributed by atoms with Crippen molar-refractivity contribution in [3.05, 3.63) is 0 Å². The molecular formula is C27H52F2N2O4. The highest BCUT2D eigenvalue weighted by Gasteiger charge is 2.59. The van der Waals surface area contributed by atoms with Crippen LogP contribution in [0, 0.1) is 0 Å². The predicted molar refractivity (Wildman–Crippen MR) is 137 cm³/mol. The van der Waals surface area contributed by atoms with E-state index in [9.17, 15) is 13.6 Å². The second-order valence-electron chi connectivity index (χ2n) is 10.6. The molecule has 0 spiro atoms. The lowest BCUT2D eigenvalue weighted by Crippen LogP contribution is -2.62. The van der Waals surface area contributed by atoms with Crippen LogP contribution in [0.1, 0.15) is 117 Å². The van der Waals surface area contributed by atoms with Crippen molar-refractivity contribution in [3.63, 3.8) is 0 Å². The topological polar surface area (TPSA) is 60.0 Å². The van der Waals surface area contributed by atoms with E-state index >= 15 is 0 Å². The lowest BCUT2D eigenvalue weighted by Gasteiger charge is -2.47. The first-order valence-corrected chi connectivity index (χ1v) is 14.0. The fraction of sp³-hybridized carbons (Fsp3) is 0.963. The number of unbranched alkanes of at least 4 members (excludes halogenated alkanes) is 11. The summed E-state index contributed by atoms with van der Waals surface area (Å²) in [5.41, 5.74) is -1.05. The second kappa shape index (κ2) is 18.3. The Morgan fingerprint density at radius 2 is 1.51 bits per heavy atom. The predicted octanol–water partition coefficient (Wildman–Crippen LogP) is 7.26. The maximum atomic E-state index is 14.7. The molecule has 6 nitrogen and oxygen atoms in total. The minimum absolute atomic E-state index is 0.162. The molecule has 1 rings (SSSR count). The molecule has 35 heavy (non-hydrogen) atoms. The van der Waals surface area contributed by atoms with Gasteiger partial charge in [0.1, 0.15) is 5.60 Å². The third-order valence-corrected chi connectivity index (χ3v) is 6.74. The van der Waals surface area contributed by atoms with E-state index in [4.69, 9.17) is 14.5 Å². The molecule has 0 aromatic carbocycles. The molecule has 2 atom stereocenters. The molecule has 1 fully saturated rings. The van der Waals surface area contributed by atoms with E-state index in [1.54, 1.807) is 6.92 Å². The first kappa shape index (κ1) is 32.0. The highest BCUT2D eigenvalue weighted by Crippen LogP contribution is 2.45. The number of ether oxygens (including phenoxy) is 1. The number of nitrogens with one attached hydrogen (secondary N) is 1. The molecule has 8 heteroatoms. The summed E-state index contributed by atoms with van der Waals surface area (Å²) in [6.45, 7) is 5.47. The minimum atomic E-state index is -2.92. The van der Waals surface area contributed by atoms with Crippen LogP contribution in [-0.4, -0.2) is 62.4 Å². The van der Waals surface area contributed by atoms with Crippen LogP contribution >= 0.6 is 0 Å². The van der Waals surface area contributed by atoms with Crippen molar-refractivity contribution in [3.8, 4) is 0 Å². The normalized spacial score (nSPS) is 20.1. The van der Waals surface area contributed by atoms with Crippen LogP contribution in [0.3, 0.4) is 0 Å². The lowest BCUT2D eigenvalue weighted by atomic mass is 9.86. The van der Waals surface area contributed by atoms with Gasteiger partial charge in [0, 0.05) is 13.0 Å². The SMILES string of the molecule is CCCCCCCCCCCCCCC(F)(F)C1OOC1(C)CCCOC(=O)NCCCN(C)C. The van der Waals surface area contributed by atoms with Gasteiger partial charge in [-0.3, -0.25) is 0 Å². The van der Waals surface area contributed by atoms with Crippen molar-refractivity contribution in [2.45, 2.75) is 134 Å². The first-order chi connectivity index (χ1) is 16.7. The number of hydrogen-bond donors (Lipinski definition) is 1. The second-order valence-corrected chi connectivity index (χ2v) is 10.6. The van der Waals surface area contributed by atoms with E-state index in [0.717, 1.165) is 32.2 Å². The van der Waals surface area contributed by atoms with E-state index in [0.29, 0.717) is 25.8 Å². The zero-order valence-electron chi connectivity index (χ0n) is 22.8. The van der Waals surface area contributed by atoms with E-state index in [-0.39, 0.29) is 13.0 Å². The Morgan fingerprint density at radius 3 is 2.03 bits per heavy atom. The maximum Gasteiger partial charge on any atom is 0.407 e. The average Bonchev–Trinajstić information content (AvgIpc) is 2.79. The van der Waals surface area contributed by atoms with Crippen molar-refractivity contribution in [1.82, 2.24) is 10.2 Å². The van der Waals surface area contributed by atoms with Gasteiger partial charge in [0.05, 0.1) is 6.61 Å².